The van der Waals surface area contributed by atoms with E-state index in [9.17, 15) is 18.0 Å². The van der Waals surface area contributed by atoms with Crippen molar-refractivity contribution in [2.24, 2.45) is 0 Å². The van der Waals surface area contributed by atoms with Crippen LogP contribution in [0.25, 0.3) is 0 Å². The number of ether oxygens (including phenoxy) is 2. The highest BCUT2D eigenvalue weighted by molar-refractivity contribution is 5.94. The fourth-order valence-corrected chi connectivity index (χ4v) is 3.39. The van der Waals surface area contributed by atoms with Crippen molar-refractivity contribution in [2.45, 2.75) is 18.8 Å². The van der Waals surface area contributed by atoms with Gasteiger partial charge in [0.05, 0.1) is 13.2 Å². The average Bonchev–Trinajstić information content (AvgIpc) is 3.16. The van der Waals surface area contributed by atoms with Gasteiger partial charge in [-0.25, -0.2) is 0 Å². The Morgan fingerprint density at radius 1 is 1.26 bits per heavy atom. The molecular weight excluding hydrogens is 363 g/mol. The maximum Gasteiger partial charge on any atom is 0.573 e. The first kappa shape index (κ1) is 19.9. The Morgan fingerprint density at radius 2 is 1.96 bits per heavy atom. The van der Waals surface area contributed by atoms with E-state index in [1.165, 1.54) is 24.3 Å². The largest absolute Gasteiger partial charge is 0.573 e. The van der Waals surface area contributed by atoms with E-state index in [-0.39, 0.29) is 17.7 Å². The number of morpholine rings is 1. The molecule has 0 aliphatic carbocycles. The van der Waals surface area contributed by atoms with Gasteiger partial charge in [-0.2, -0.15) is 0 Å². The molecule has 0 radical (unpaired) electrons. The zero-order valence-corrected chi connectivity index (χ0v) is 15.0. The summed E-state index contributed by atoms with van der Waals surface area (Å²) in [5, 5.41) is 3.26. The lowest BCUT2D eigenvalue weighted by Crippen LogP contribution is -2.47. The molecule has 2 aliphatic rings. The Balaban J connectivity index is 1.66. The van der Waals surface area contributed by atoms with Gasteiger partial charge in [-0.1, -0.05) is 0 Å². The summed E-state index contributed by atoms with van der Waals surface area (Å²) in [6.07, 6.45) is -3.88. The molecule has 2 heterocycles. The maximum absolute atomic E-state index is 13.0. The zero-order valence-electron chi connectivity index (χ0n) is 15.0. The summed E-state index contributed by atoms with van der Waals surface area (Å²) >= 11 is 0. The molecule has 1 aromatic carbocycles. The first-order valence-electron chi connectivity index (χ1n) is 9.10. The third kappa shape index (κ3) is 5.82. The monoisotopic (exact) mass is 387 g/mol. The van der Waals surface area contributed by atoms with Crippen molar-refractivity contribution in [1.82, 2.24) is 15.1 Å². The van der Waals surface area contributed by atoms with Crippen molar-refractivity contribution in [2.75, 3.05) is 52.5 Å². The molecule has 6 nitrogen and oxygen atoms in total. The summed E-state index contributed by atoms with van der Waals surface area (Å²) in [5.41, 5.74) is 0.360. The predicted molar refractivity (Wildman–Crippen MR) is 92.7 cm³/mol. The standard InChI is InChI=1S/C18H24F3N3O3/c19-18(20,21)27-16-3-1-14(2-4-16)17(25)24(15-5-6-22-13-15)8-7-23-9-11-26-12-10-23/h1-4,15,22H,5-13H2. The molecule has 9 heteroatoms. The number of benzene rings is 1. The van der Waals surface area contributed by atoms with Gasteiger partial charge in [0, 0.05) is 44.3 Å². The molecule has 1 N–H and O–H groups in total. The van der Waals surface area contributed by atoms with Gasteiger partial charge in [0.25, 0.3) is 5.91 Å². The van der Waals surface area contributed by atoms with Crippen LogP contribution in [0, 0.1) is 0 Å². The van der Waals surface area contributed by atoms with E-state index in [0.29, 0.717) is 25.3 Å². The number of rotatable bonds is 6. The van der Waals surface area contributed by atoms with E-state index in [2.05, 4.69) is 15.0 Å². The number of hydrogen-bond acceptors (Lipinski definition) is 5. The van der Waals surface area contributed by atoms with Crippen molar-refractivity contribution in [3.63, 3.8) is 0 Å². The van der Waals surface area contributed by atoms with Gasteiger partial charge >= 0.3 is 6.36 Å². The molecule has 0 spiro atoms. The molecule has 2 fully saturated rings. The number of amides is 1. The summed E-state index contributed by atoms with van der Waals surface area (Å²) in [5.74, 6) is -0.503. The van der Waals surface area contributed by atoms with Crippen LogP contribution in [0.5, 0.6) is 5.75 Å². The van der Waals surface area contributed by atoms with Gasteiger partial charge in [0.15, 0.2) is 0 Å². The number of nitrogens with one attached hydrogen (secondary N) is 1. The number of hydrogen-bond donors (Lipinski definition) is 1. The quantitative estimate of drug-likeness (QED) is 0.806. The highest BCUT2D eigenvalue weighted by atomic mass is 19.4. The molecule has 2 saturated heterocycles. The highest BCUT2D eigenvalue weighted by Crippen LogP contribution is 2.23. The van der Waals surface area contributed by atoms with E-state index in [1.54, 1.807) is 0 Å². The predicted octanol–water partition coefficient (Wildman–Crippen LogP) is 1.72. The summed E-state index contributed by atoms with van der Waals surface area (Å²) in [6, 6.07) is 5.20. The smallest absolute Gasteiger partial charge is 0.406 e. The van der Waals surface area contributed by atoms with Crippen LogP contribution >= 0.6 is 0 Å². The molecule has 1 unspecified atom stereocenters. The van der Waals surface area contributed by atoms with Crippen molar-refractivity contribution < 1.29 is 27.4 Å². The van der Waals surface area contributed by atoms with Crippen molar-refractivity contribution in [3.8, 4) is 5.75 Å². The van der Waals surface area contributed by atoms with Crippen LogP contribution in [0.4, 0.5) is 13.2 Å². The lowest BCUT2D eigenvalue weighted by Gasteiger charge is -2.33. The minimum atomic E-state index is -4.74. The van der Waals surface area contributed by atoms with Crippen LogP contribution in [-0.4, -0.2) is 80.6 Å². The fourth-order valence-electron chi connectivity index (χ4n) is 3.39. The summed E-state index contributed by atoms with van der Waals surface area (Å²) in [6.45, 7) is 5.98. The van der Waals surface area contributed by atoms with Crippen molar-refractivity contribution in [1.29, 1.82) is 0 Å². The number of nitrogens with zero attached hydrogens (tertiary/aromatic N) is 2. The van der Waals surface area contributed by atoms with Gasteiger partial charge in [-0.3, -0.25) is 9.69 Å². The second kappa shape index (κ2) is 8.90. The normalized spacial score (nSPS) is 21.2. The van der Waals surface area contributed by atoms with E-state index in [0.717, 1.165) is 39.1 Å². The number of halogens is 3. The van der Waals surface area contributed by atoms with Crippen LogP contribution in [0.1, 0.15) is 16.8 Å². The Kier molecular flexibility index (Phi) is 6.56. The van der Waals surface area contributed by atoms with Gasteiger partial charge in [0.1, 0.15) is 5.75 Å². The molecule has 0 aromatic heterocycles. The van der Waals surface area contributed by atoms with Crippen molar-refractivity contribution >= 4 is 5.91 Å². The van der Waals surface area contributed by atoms with Crippen molar-refractivity contribution in [3.05, 3.63) is 29.8 Å². The topological polar surface area (TPSA) is 54.0 Å². The fraction of sp³-hybridized carbons (Fsp3) is 0.611. The average molecular weight is 387 g/mol. The van der Waals surface area contributed by atoms with Gasteiger partial charge in [0.2, 0.25) is 0 Å². The Bertz CT molecular complexity index is 613. The Hall–Kier alpha value is -1.84. The van der Waals surface area contributed by atoms with Crippen LogP contribution in [0.15, 0.2) is 24.3 Å². The SMILES string of the molecule is O=C(c1ccc(OC(F)(F)F)cc1)N(CCN1CCOCC1)C1CCNC1. The second-order valence-electron chi connectivity index (χ2n) is 6.67. The van der Waals surface area contributed by atoms with Crippen LogP contribution in [-0.2, 0) is 4.74 Å². The molecule has 1 amide bonds. The van der Waals surface area contributed by atoms with E-state index in [1.807, 2.05) is 4.90 Å². The summed E-state index contributed by atoms with van der Waals surface area (Å²) in [4.78, 5) is 17.1. The number of carbonyl (C=O) groups excluding carboxylic acids is 1. The van der Waals surface area contributed by atoms with Gasteiger partial charge in [-0.05, 0) is 37.2 Å². The Labute approximate surface area is 156 Å². The van der Waals surface area contributed by atoms with Crippen LogP contribution in [0.3, 0.4) is 0 Å². The summed E-state index contributed by atoms with van der Waals surface area (Å²) < 4.78 is 46.1. The Morgan fingerprint density at radius 3 is 2.56 bits per heavy atom. The number of carbonyl (C=O) groups is 1. The molecule has 150 valence electrons. The minimum absolute atomic E-state index is 0.0876. The minimum Gasteiger partial charge on any atom is -0.406 e. The van der Waals surface area contributed by atoms with Crippen LogP contribution in [0.2, 0.25) is 0 Å². The zero-order chi connectivity index (χ0) is 19.3. The molecule has 0 bridgehead atoms. The van der Waals surface area contributed by atoms with Crippen LogP contribution < -0.4 is 10.1 Å². The third-order valence-electron chi connectivity index (χ3n) is 4.83. The highest BCUT2D eigenvalue weighted by Gasteiger charge is 2.31. The lowest BCUT2D eigenvalue weighted by atomic mass is 10.1. The third-order valence-corrected chi connectivity index (χ3v) is 4.83. The first-order chi connectivity index (χ1) is 12.9. The summed E-state index contributed by atoms with van der Waals surface area (Å²) in [7, 11) is 0. The molecule has 0 saturated carbocycles. The molecule has 2 aliphatic heterocycles. The van der Waals surface area contributed by atoms with Gasteiger partial charge < -0.3 is 19.7 Å². The molecular formula is C18H24F3N3O3. The van der Waals surface area contributed by atoms with E-state index >= 15 is 0 Å². The van der Waals surface area contributed by atoms with E-state index < -0.39 is 6.36 Å². The molecule has 27 heavy (non-hydrogen) atoms. The van der Waals surface area contributed by atoms with E-state index in [4.69, 9.17) is 4.74 Å². The first-order valence-corrected chi connectivity index (χ1v) is 9.10. The molecule has 3 rings (SSSR count). The maximum atomic E-state index is 13.0. The second-order valence-corrected chi connectivity index (χ2v) is 6.67. The lowest BCUT2D eigenvalue weighted by molar-refractivity contribution is -0.274. The van der Waals surface area contributed by atoms with Gasteiger partial charge in [-0.15, -0.1) is 13.2 Å². The molecule has 1 aromatic rings. The number of alkyl halides is 3. The molecule has 1 atom stereocenters.